The molecule has 1 N–H and O–H groups in total. The van der Waals surface area contributed by atoms with E-state index in [0.717, 1.165) is 31.2 Å². The van der Waals surface area contributed by atoms with Crippen LogP contribution in [0, 0.1) is 5.82 Å². The van der Waals surface area contributed by atoms with Gasteiger partial charge >= 0.3 is 0 Å². The van der Waals surface area contributed by atoms with Crippen LogP contribution in [0.15, 0.2) is 54.3 Å². The molecule has 2 atom stereocenters. The largest absolute Gasteiger partial charge is 0.482 e. The molecule has 0 aromatic heterocycles. The number of carbonyl (C=O) groups is 2. The fourth-order valence-electron chi connectivity index (χ4n) is 4.34. The Balaban J connectivity index is 1.48. The molecule has 2 aromatic rings. The van der Waals surface area contributed by atoms with E-state index >= 15 is 0 Å². The molecular formula is C25H26ClFN2O3. The fourth-order valence-corrected chi connectivity index (χ4v) is 4.56. The van der Waals surface area contributed by atoms with Gasteiger partial charge in [0.15, 0.2) is 5.76 Å². The molecule has 7 heteroatoms. The van der Waals surface area contributed by atoms with Crippen molar-refractivity contribution in [2.24, 2.45) is 0 Å². The summed E-state index contributed by atoms with van der Waals surface area (Å²) in [5.74, 6) is -1.14. The van der Waals surface area contributed by atoms with Crippen LogP contribution in [0.1, 0.15) is 36.8 Å². The zero-order chi connectivity index (χ0) is 22.5. The van der Waals surface area contributed by atoms with E-state index in [4.69, 9.17) is 16.3 Å². The van der Waals surface area contributed by atoms with E-state index in [1.165, 1.54) is 18.2 Å². The maximum Gasteiger partial charge on any atom is 0.289 e. The Kier molecular flexibility index (Phi) is 7.10. The molecule has 32 heavy (non-hydrogen) atoms. The third-order valence-electron chi connectivity index (χ3n) is 5.99. The number of ether oxygens (including phenoxy) is 1. The molecule has 168 valence electrons. The van der Waals surface area contributed by atoms with Gasteiger partial charge < -0.3 is 15.0 Å². The molecule has 1 saturated carbocycles. The summed E-state index contributed by atoms with van der Waals surface area (Å²) in [5, 5.41) is 3.10. The van der Waals surface area contributed by atoms with Gasteiger partial charge in [-0.15, -0.1) is 0 Å². The maximum absolute atomic E-state index is 14.3. The second kappa shape index (κ2) is 10.2. The molecule has 2 fully saturated rings. The fraction of sp³-hybridized carbons (Fsp3) is 0.360. The number of morpholine rings is 1. The number of hydrogen-bond donors (Lipinski definition) is 1. The standard InChI is InChI=1S/C25H26ClFN2O3/c26-19-9-6-10-20(27)18(19)15-23-25(31)29(21-11-4-5-12-22(21)32-23)16-24(30)28-14-13-17-7-2-1-3-8-17/h1-3,6-10,15,21-22H,4-5,11-14,16H2,(H,28,30)/b23-15-. The number of rotatable bonds is 6. The molecule has 1 saturated heterocycles. The zero-order valence-electron chi connectivity index (χ0n) is 17.7. The Hall–Kier alpha value is -2.86. The van der Waals surface area contributed by atoms with Crippen LogP contribution in [0.4, 0.5) is 4.39 Å². The van der Waals surface area contributed by atoms with E-state index in [9.17, 15) is 14.0 Å². The lowest BCUT2D eigenvalue weighted by Crippen LogP contribution is -2.57. The van der Waals surface area contributed by atoms with Crippen molar-refractivity contribution in [2.45, 2.75) is 44.2 Å². The Morgan fingerprint density at radius 3 is 2.72 bits per heavy atom. The Morgan fingerprint density at radius 2 is 1.94 bits per heavy atom. The Labute approximate surface area is 192 Å². The van der Waals surface area contributed by atoms with E-state index in [1.807, 2.05) is 30.3 Å². The van der Waals surface area contributed by atoms with E-state index in [0.29, 0.717) is 13.0 Å². The summed E-state index contributed by atoms with van der Waals surface area (Å²) < 4.78 is 20.3. The van der Waals surface area contributed by atoms with Crippen LogP contribution < -0.4 is 5.32 Å². The molecule has 2 unspecified atom stereocenters. The van der Waals surface area contributed by atoms with Gasteiger partial charge in [0.25, 0.3) is 5.91 Å². The number of carbonyl (C=O) groups excluding carboxylic acids is 2. The first-order valence-corrected chi connectivity index (χ1v) is 11.3. The molecule has 2 aromatic carbocycles. The van der Waals surface area contributed by atoms with E-state index in [2.05, 4.69) is 5.32 Å². The summed E-state index contributed by atoms with van der Waals surface area (Å²) in [6.07, 6.45) is 5.38. The van der Waals surface area contributed by atoms with Gasteiger partial charge in [0, 0.05) is 12.1 Å². The predicted octanol–water partition coefficient (Wildman–Crippen LogP) is 4.35. The summed E-state index contributed by atoms with van der Waals surface area (Å²) >= 11 is 6.13. The van der Waals surface area contributed by atoms with Crippen LogP contribution in [0.2, 0.25) is 5.02 Å². The van der Waals surface area contributed by atoms with Crippen molar-refractivity contribution in [3.05, 3.63) is 76.3 Å². The first kappa shape index (κ1) is 22.3. The van der Waals surface area contributed by atoms with Gasteiger partial charge in [-0.25, -0.2) is 4.39 Å². The number of amides is 2. The minimum atomic E-state index is -0.530. The molecule has 2 aliphatic rings. The van der Waals surface area contributed by atoms with Gasteiger partial charge in [0.1, 0.15) is 18.5 Å². The van der Waals surface area contributed by atoms with Crippen LogP contribution in [0.3, 0.4) is 0 Å². The van der Waals surface area contributed by atoms with Crippen LogP contribution >= 0.6 is 11.6 Å². The maximum atomic E-state index is 14.3. The first-order valence-electron chi connectivity index (χ1n) is 11.0. The topological polar surface area (TPSA) is 58.6 Å². The third-order valence-corrected chi connectivity index (χ3v) is 6.32. The van der Waals surface area contributed by atoms with Gasteiger partial charge in [-0.05, 0) is 49.5 Å². The summed E-state index contributed by atoms with van der Waals surface area (Å²) in [6, 6.07) is 14.1. The van der Waals surface area contributed by atoms with Crippen molar-refractivity contribution in [1.82, 2.24) is 10.2 Å². The summed E-state index contributed by atoms with van der Waals surface area (Å²) in [7, 11) is 0. The lowest BCUT2D eigenvalue weighted by molar-refractivity contribution is -0.151. The molecule has 0 bridgehead atoms. The molecule has 0 spiro atoms. The molecule has 1 aliphatic carbocycles. The Bertz CT molecular complexity index is 991. The minimum Gasteiger partial charge on any atom is -0.482 e. The third kappa shape index (κ3) is 5.13. The number of benzene rings is 2. The lowest BCUT2D eigenvalue weighted by Gasteiger charge is -2.44. The van der Waals surface area contributed by atoms with Gasteiger partial charge in [-0.1, -0.05) is 54.4 Å². The highest BCUT2D eigenvalue weighted by Gasteiger charge is 2.42. The number of hydrogen-bond acceptors (Lipinski definition) is 3. The molecule has 2 amide bonds. The van der Waals surface area contributed by atoms with Gasteiger partial charge in [-0.2, -0.15) is 0 Å². The van der Waals surface area contributed by atoms with Crippen molar-refractivity contribution in [1.29, 1.82) is 0 Å². The van der Waals surface area contributed by atoms with Crippen molar-refractivity contribution in [3.8, 4) is 0 Å². The van der Waals surface area contributed by atoms with Gasteiger partial charge in [-0.3, -0.25) is 9.59 Å². The summed E-state index contributed by atoms with van der Waals surface area (Å²) in [5.41, 5.74) is 1.24. The van der Waals surface area contributed by atoms with Crippen LogP contribution in [-0.4, -0.2) is 41.9 Å². The zero-order valence-corrected chi connectivity index (χ0v) is 18.5. The lowest BCUT2D eigenvalue weighted by atomic mass is 9.89. The average molecular weight is 457 g/mol. The monoisotopic (exact) mass is 456 g/mol. The molecule has 0 radical (unpaired) electrons. The van der Waals surface area contributed by atoms with Crippen molar-refractivity contribution in [3.63, 3.8) is 0 Å². The summed E-state index contributed by atoms with van der Waals surface area (Å²) in [4.78, 5) is 27.4. The van der Waals surface area contributed by atoms with E-state index in [-0.39, 0.29) is 40.9 Å². The highest BCUT2D eigenvalue weighted by Crippen LogP contribution is 2.34. The second-order valence-electron chi connectivity index (χ2n) is 8.17. The number of halogens is 2. The van der Waals surface area contributed by atoms with Crippen LogP contribution in [-0.2, 0) is 20.7 Å². The smallest absolute Gasteiger partial charge is 0.289 e. The highest BCUT2D eigenvalue weighted by molar-refractivity contribution is 6.32. The van der Waals surface area contributed by atoms with Crippen molar-refractivity contribution < 1.29 is 18.7 Å². The number of fused-ring (bicyclic) bond motifs is 1. The second-order valence-corrected chi connectivity index (χ2v) is 8.58. The minimum absolute atomic E-state index is 0.0252. The first-order chi connectivity index (χ1) is 15.5. The number of nitrogens with zero attached hydrogens (tertiary/aromatic N) is 1. The van der Waals surface area contributed by atoms with Crippen molar-refractivity contribution in [2.75, 3.05) is 13.1 Å². The molecule has 1 heterocycles. The number of nitrogens with one attached hydrogen (secondary N) is 1. The molecule has 5 nitrogen and oxygen atoms in total. The average Bonchev–Trinajstić information content (AvgIpc) is 2.79. The quantitative estimate of drug-likeness (QED) is 0.657. The molecule has 1 aliphatic heterocycles. The molecule has 4 rings (SSSR count). The Morgan fingerprint density at radius 1 is 1.16 bits per heavy atom. The summed E-state index contributed by atoms with van der Waals surface area (Å²) in [6.45, 7) is 0.434. The van der Waals surface area contributed by atoms with Gasteiger partial charge in [0.05, 0.1) is 11.1 Å². The van der Waals surface area contributed by atoms with Crippen LogP contribution in [0.5, 0.6) is 0 Å². The normalized spacial score (nSPS) is 21.8. The van der Waals surface area contributed by atoms with E-state index < -0.39 is 11.7 Å². The molecular weight excluding hydrogens is 431 g/mol. The van der Waals surface area contributed by atoms with Gasteiger partial charge in [0.2, 0.25) is 5.91 Å². The van der Waals surface area contributed by atoms with E-state index in [1.54, 1.807) is 11.0 Å². The van der Waals surface area contributed by atoms with Crippen LogP contribution in [0.25, 0.3) is 6.08 Å². The SMILES string of the molecule is O=C(CN1C(=O)/C(=C/c2c(F)cccc2Cl)OC2CCCCC21)NCCc1ccccc1. The van der Waals surface area contributed by atoms with Crippen molar-refractivity contribution >= 4 is 29.5 Å². The predicted molar refractivity (Wildman–Crippen MR) is 121 cm³/mol. The highest BCUT2D eigenvalue weighted by atomic mass is 35.5.